The molecule has 0 radical (unpaired) electrons. The Morgan fingerprint density at radius 1 is 1.27 bits per heavy atom. The quantitative estimate of drug-likeness (QED) is 0.719. The molecule has 0 amide bonds. The second-order valence-corrected chi connectivity index (χ2v) is 3.84. The van der Waals surface area contributed by atoms with Gasteiger partial charge in [0.25, 0.3) is 0 Å². The summed E-state index contributed by atoms with van der Waals surface area (Å²) in [6.07, 6.45) is 0. The molecule has 78 valence electrons. The van der Waals surface area contributed by atoms with Crippen molar-refractivity contribution in [3.8, 4) is 5.69 Å². The molecular weight excluding hydrogens is 219 g/mol. The number of rotatable bonds is 1. The summed E-state index contributed by atoms with van der Waals surface area (Å²) in [6.45, 7) is 0. The van der Waals surface area contributed by atoms with Gasteiger partial charge in [-0.1, -0.05) is 12.1 Å². The summed E-state index contributed by atoms with van der Waals surface area (Å²) < 4.78 is 15.3. The third-order valence-corrected chi connectivity index (χ3v) is 2.94. The molecule has 0 spiro atoms. The minimum Gasteiger partial charge on any atom is -0.255 e. The monoisotopic (exact) mass is 226 g/mol. The van der Waals surface area contributed by atoms with Crippen LogP contribution in [0.3, 0.4) is 0 Å². The van der Waals surface area contributed by atoms with Gasteiger partial charge in [-0.15, -0.1) is 0 Å². The molecule has 0 bridgehead atoms. The van der Waals surface area contributed by atoms with E-state index in [1.54, 1.807) is 6.07 Å². The Labute approximate surface area is 88.0 Å². The zero-order chi connectivity index (χ0) is 11.0. The average Bonchev–Trinajstić information content (AvgIpc) is 2.47. The number of hydrogen-bond donors (Lipinski definition) is 0. The Kier molecular flexibility index (Phi) is 2.28. The smallest absolute Gasteiger partial charge is 0.255 e. The largest absolute Gasteiger partial charge is 0.345 e. The van der Waals surface area contributed by atoms with Crippen LogP contribution in [0.25, 0.3) is 5.69 Å². The fraction of sp³-hybridized carbons (Fsp3) is 0.111. The highest BCUT2D eigenvalue weighted by molar-refractivity contribution is 7.03. The van der Waals surface area contributed by atoms with Crippen LogP contribution in [-0.2, 0) is 7.05 Å². The van der Waals surface area contributed by atoms with E-state index < -0.39 is 16.4 Å². The molecule has 1 aromatic heterocycles. The fourth-order valence-electron chi connectivity index (χ4n) is 1.16. The Balaban J connectivity index is 2.76. The number of para-hydroxylation sites is 1. The van der Waals surface area contributed by atoms with Gasteiger partial charge in [0, 0.05) is 18.6 Å². The first-order chi connectivity index (χ1) is 7.11. The van der Waals surface area contributed by atoms with E-state index in [1.807, 2.05) is 0 Å². The van der Waals surface area contributed by atoms with Crippen LogP contribution in [-0.4, -0.2) is 8.52 Å². The van der Waals surface area contributed by atoms with Crippen molar-refractivity contribution < 1.29 is 4.39 Å². The van der Waals surface area contributed by atoms with Crippen molar-refractivity contribution in [2.24, 2.45) is 7.05 Å². The number of nitrogens with zero attached hydrogens (tertiary/aromatic N) is 2. The van der Waals surface area contributed by atoms with Crippen LogP contribution < -0.4 is 10.6 Å². The maximum atomic E-state index is 13.3. The van der Waals surface area contributed by atoms with E-state index in [4.69, 9.17) is 0 Å². The van der Waals surface area contributed by atoms with Gasteiger partial charge in [0.2, 0.25) is 0 Å². The van der Waals surface area contributed by atoms with Crippen LogP contribution in [0.15, 0.2) is 33.9 Å². The van der Waals surface area contributed by atoms with Crippen molar-refractivity contribution in [1.29, 1.82) is 0 Å². The molecule has 0 saturated carbocycles. The lowest BCUT2D eigenvalue weighted by atomic mass is 10.3. The molecule has 2 aromatic rings. The molecule has 1 aromatic carbocycles. The number of halogens is 1. The van der Waals surface area contributed by atoms with Gasteiger partial charge in [-0.05, 0) is 12.1 Å². The van der Waals surface area contributed by atoms with E-state index in [0.29, 0.717) is 11.5 Å². The SMILES string of the molecule is Cn1c(=O)sn(-c2ccccc2F)c1=O. The van der Waals surface area contributed by atoms with Gasteiger partial charge in [-0.25, -0.2) is 13.1 Å². The lowest BCUT2D eigenvalue weighted by Gasteiger charge is -1.99. The Morgan fingerprint density at radius 3 is 2.47 bits per heavy atom. The number of hydrogen-bond acceptors (Lipinski definition) is 3. The molecule has 4 nitrogen and oxygen atoms in total. The predicted molar refractivity (Wildman–Crippen MR) is 55.1 cm³/mol. The van der Waals surface area contributed by atoms with Gasteiger partial charge in [-0.3, -0.25) is 9.36 Å². The molecule has 15 heavy (non-hydrogen) atoms. The summed E-state index contributed by atoms with van der Waals surface area (Å²) >= 11 is 0.680. The topological polar surface area (TPSA) is 44.0 Å². The summed E-state index contributed by atoms with van der Waals surface area (Å²) in [7, 11) is 1.36. The van der Waals surface area contributed by atoms with E-state index in [0.717, 1.165) is 8.52 Å². The Morgan fingerprint density at radius 2 is 1.93 bits per heavy atom. The molecule has 6 heteroatoms. The van der Waals surface area contributed by atoms with Gasteiger partial charge in [0.05, 0.1) is 5.69 Å². The highest BCUT2D eigenvalue weighted by atomic mass is 32.1. The molecule has 0 aliphatic heterocycles. The van der Waals surface area contributed by atoms with E-state index >= 15 is 0 Å². The van der Waals surface area contributed by atoms with Gasteiger partial charge in [-0.2, -0.15) is 0 Å². The minimum absolute atomic E-state index is 0.102. The van der Waals surface area contributed by atoms with E-state index in [-0.39, 0.29) is 5.69 Å². The molecule has 0 aliphatic carbocycles. The van der Waals surface area contributed by atoms with Crippen LogP contribution >= 0.6 is 11.5 Å². The molecule has 2 rings (SSSR count). The summed E-state index contributed by atoms with van der Waals surface area (Å²) in [4.78, 5) is 22.3. The first-order valence-corrected chi connectivity index (χ1v) is 4.93. The molecule has 0 aliphatic rings. The summed E-state index contributed by atoms with van der Waals surface area (Å²) in [5.74, 6) is -0.526. The lowest BCUT2D eigenvalue weighted by Crippen LogP contribution is -2.25. The molecular formula is C9H7FN2O2S. The first-order valence-electron chi connectivity index (χ1n) is 4.15. The van der Waals surface area contributed by atoms with Crippen molar-refractivity contribution in [2.45, 2.75) is 0 Å². The Bertz CT molecular complexity index is 611. The van der Waals surface area contributed by atoms with Gasteiger partial charge in [0.15, 0.2) is 0 Å². The predicted octanol–water partition coefficient (Wildman–Crippen LogP) is 0.737. The highest BCUT2D eigenvalue weighted by Crippen LogP contribution is 2.10. The molecule has 0 saturated heterocycles. The molecule has 0 atom stereocenters. The van der Waals surface area contributed by atoms with Crippen molar-refractivity contribution in [2.75, 3.05) is 0 Å². The van der Waals surface area contributed by atoms with E-state index in [9.17, 15) is 14.0 Å². The molecule has 0 N–H and O–H groups in total. The zero-order valence-electron chi connectivity index (χ0n) is 7.81. The van der Waals surface area contributed by atoms with Crippen LogP contribution in [0.1, 0.15) is 0 Å². The molecule has 0 unspecified atom stereocenters. The maximum Gasteiger partial charge on any atom is 0.345 e. The zero-order valence-corrected chi connectivity index (χ0v) is 8.62. The van der Waals surface area contributed by atoms with Crippen LogP contribution in [0.2, 0.25) is 0 Å². The van der Waals surface area contributed by atoms with Gasteiger partial charge in [0.1, 0.15) is 5.82 Å². The fourth-order valence-corrected chi connectivity index (χ4v) is 1.97. The second-order valence-electron chi connectivity index (χ2n) is 2.94. The van der Waals surface area contributed by atoms with Gasteiger partial charge >= 0.3 is 10.6 Å². The van der Waals surface area contributed by atoms with Crippen molar-refractivity contribution in [3.05, 3.63) is 50.2 Å². The maximum absolute atomic E-state index is 13.3. The van der Waals surface area contributed by atoms with E-state index in [2.05, 4.69) is 0 Å². The lowest BCUT2D eigenvalue weighted by molar-refractivity contribution is 0.618. The van der Waals surface area contributed by atoms with Gasteiger partial charge < -0.3 is 0 Å². The summed E-state index contributed by atoms with van der Waals surface area (Å²) in [5, 5.41) is 0. The number of benzene rings is 1. The second kappa shape index (κ2) is 3.47. The third kappa shape index (κ3) is 1.52. The average molecular weight is 226 g/mol. The van der Waals surface area contributed by atoms with E-state index in [1.165, 1.54) is 25.2 Å². The van der Waals surface area contributed by atoms with Crippen LogP contribution in [0, 0.1) is 5.82 Å². The standard InChI is InChI=1S/C9H7FN2O2S/c1-11-8(13)12(15-9(11)14)7-5-3-2-4-6(7)10/h2-5H,1H3. The third-order valence-electron chi connectivity index (χ3n) is 1.98. The van der Waals surface area contributed by atoms with Crippen molar-refractivity contribution in [1.82, 2.24) is 8.52 Å². The number of aromatic nitrogens is 2. The molecule has 1 heterocycles. The molecule has 0 fully saturated rings. The van der Waals surface area contributed by atoms with Crippen LogP contribution in [0.4, 0.5) is 4.39 Å². The van der Waals surface area contributed by atoms with Crippen LogP contribution in [0.5, 0.6) is 0 Å². The van der Waals surface area contributed by atoms with Crippen molar-refractivity contribution in [3.63, 3.8) is 0 Å². The normalized spacial score (nSPS) is 10.5. The summed E-state index contributed by atoms with van der Waals surface area (Å²) in [6, 6.07) is 5.82. The minimum atomic E-state index is -0.532. The van der Waals surface area contributed by atoms with Crippen molar-refractivity contribution >= 4 is 11.5 Å². The summed E-state index contributed by atoms with van der Waals surface area (Å²) in [5.41, 5.74) is -0.430. The Hall–Kier alpha value is -1.69. The first kappa shape index (κ1) is 9.85. The highest BCUT2D eigenvalue weighted by Gasteiger charge is 2.11.